The number of aromatic nitrogens is 3. The average Bonchev–Trinajstić information content (AvgIpc) is 2.73. The van der Waals surface area contributed by atoms with Gasteiger partial charge >= 0.3 is 0 Å². The molecule has 0 bridgehead atoms. The van der Waals surface area contributed by atoms with Gasteiger partial charge in [-0.2, -0.15) is 0 Å². The molecule has 16 heavy (non-hydrogen) atoms. The van der Waals surface area contributed by atoms with Crippen molar-refractivity contribution < 1.29 is 0 Å². The molecule has 2 rings (SSSR count). The van der Waals surface area contributed by atoms with Crippen LogP contribution in [0.1, 0.15) is 0 Å². The normalized spacial score (nSPS) is 9.75. The zero-order chi connectivity index (χ0) is 11.4. The van der Waals surface area contributed by atoms with E-state index >= 15 is 0 Å². The third kappa shape index (κ3) is 2.04. The molecule has 4 heteroatoms. The number of anilines is 1. The van der Waals surface area contributed by atoms with E-state index in [0.717, 1.165) is 17.1 Å². The minimum atomic E-state index is 0.516. The number of nitrogens with zero attached hydrogens (tertiary/aromatic N) is 3. The Kier molecular flexibility index (Phi) is 2.88. The van der Waals surface area contributed by atoms with Gasteiger partial charge in [-0.25, -0.2) is 0 Å². The van der Waals surface area contributed by atoms with Crippen molar-refractivity contribution >= 4 is 5.69 Å². The number of nitrogens with one attached hydrogen (secondary N) is 1. The molecule has 0 fully saturated rings. The maximum atomic E-state index is 5.19. The molecule has 0 radical (unpaired) electrons. The first-order valence-corrected chi connectivity index (χ1v) is 4.93. The molecule has 0 atom stereocenters. The predicted molar refractivity (Wildman–Crippen MR) is 63.8 cm³/mol. The molecule has 2 aromatic rings. The van der Waals surface area contributed by atoms with Crippen LogP contribution in [0.4, 0.5) is 5.69 Å². The Morgan fingerprint density at radius 2 is 2.38 bits per heavy atom. The van der Waals surface area contributed by atoms with Gasteiger partial charge in [0.05, 0.1) is 6.54 Å². The number of benzene rings is 1. The van der Waals surface area contributed by atoms with E-state index in [1.54, 1.807) is 6.33 Å². The first-order chi connectivity index (χ1) is 7.81. The third-order valence-electron chi connectivity index (χ3n) is 2.23. The summed E-state index contributed by atoms with van der Waals surface area (Å²) in [6, 6.07) is 7.92. The number of terminal acetylenes is 1. The van der Waals surface area contributed by atoms with Crippen LogP contribution in [-0.2, 0) is 7.05 Å². The minimum absolute atomic E-state index is 0.516. The summed E-state index contributed by atoms with van der Waals surface area (Å²) in [7, 11) is 1.91. The van der Waals surface area contributed by atoms with Crippen molar-refractivity contribution in [3.05, 3.63) is 30.6 Å². The first kappa shape index (κ1) is 10.2. The number of aryl methyl sites for hydroxylation is 1. The standard InChI is InChI=1S/C12H12N4/c1-3-7-13-11-6-4-5-10(8-11)12-15-14-9-16(12)2/h1,4-6,8-9,13H,7H2,2H3. The summed E-state index contributed by atoms with van der Waals surface area (Å²) < 4.78 is 1.88. The maximum absolute atomic E-state index is 5.19. The Bertz CT molecular complexity index is 522. The third-order valence-corrected chi connectivity index (χ3v) is 2.23. The first-order valence-electron chi connectivity index (χ1n) is 4.93. The fraction of sp³-hybridized carbons (Fsp3) is 0.167. The second-order valence-corrected chi connectivity index (χ2v) is 3.40. The monoisotopic (exact) mass is 212 g/mol. The van der Waals surface area contributed by atoms with E-state index in [4.69, 9.17) is 6.42 Å². The molecule has 0 saturated heterocycles. The van der Waals surface area contributed by atoms with E-state index in [9.17, 15) is 0 Å². The molecule has 0 unspecified atom stereocenters. The maximum Gasteiger partial charge on any atom is 0.163 e. The van der Waals surface area contributed by atoms with Crippen molar-refractivity contribution in [2.45, 2.75) is 0 Å². The summed E-state index contributed by atoms with van der Waals surface area (Å²) in [4.78, 5) is 0. The molecular weight excluding hydrogens is 200 g/mol. The highest BCUT2D eigenvalue weighted by atomic mass is 15.2. The highest BCUT2D eigenvalue weighted by Crippen LogP contribution is 2.19. The van der Waals surface area contributed by atoms with Gasteiger partial charge in [0.2, 0.25) is 0 Å². The van der Waals surface area contributed by atoms with Crippen LogP contribution in [0.2, 0.25) is 0 Å². The topological polar surface area (TPSA) is 42.7 Å². The van der Waals surface area contributed by atoms with Gasteiger partial charge in [0.25, 0.3) is 0 Å². The summed E-state index contributed by atoms with van der Waals surface area (Å²) in [5.41, 5.74) is 2.00. The quantitative estimate of drug-likeness (QED) is 0.784. The molecule has 0 aliphatic carbocycles. The second-order valence-electron chi connectivity index (χ2n) is 3.40. The smallest absolute Gasteiger partial charge is 0.163 e. The van der Waals surface area contributed by atoms with Crippen molar-refractivity contribution in [3.8, 4) is 23.7 Å². The van der Waals surface area contributed by atoms with E-state index in [1.165, 1.54) is 0 Å². The van der Waals surface area contributed by atoms with Crippen LogP contribution < -0.4 is 5.32 Å². The number of hydrogen-bond acceptors (Lipinski definition) is 3. The molecular formula is C12H12N4. The lowest BCUT2D eigenvalue weighted by molar-refractivity contribution is 0.920. The molecule has 0 spiro atoms. The van der Waals surface area contributed by atoms with Crippen molar-refractivity contribution in [3.63, 3.8) is 0 Å². The highest BCUT2D eigenvalue weighted by molar-refractivity contribution is 5.62. The largest absolute Gasteiger partial charge is 0.374 e. The summed E-state index contributed by atoms with van der Waals surface area (Å²) in [6.45, 7) is 0.516. The zero-order valence-corrected chi connectivity index (χ0v) is 9.01. The molecule has 1 aromatic heterocycles. The van der Waals surface area contributed by atoms with Crippen LogP contribution in [0, 0.1) is 12.3 Å². The van der Waals surface area contributed by atoms with Gasteiger partial charge in [-0.05, 0) is 12.1 Å². The zero-order valence-electron chi connectivity index (χ0n) is 9.01. The SMILES string of the molecule is C#CCNc1cccc(-c2nncn2C)c1. The molecule has 1 heterocycles. The van der Waals surface area contributed by atoms with E-state index < -0.39 is 0 Å². The van der Waals surface area contributed by atoms with Gasteiger partial charge in [-0.3, -0.25) is 0 Å². The van der Waals surface area contributed by atoms with Gasteiger partial charge in [-0.15, -0.1) is 16.6 Å². The van der Waals surface area contributed by atoms with Crippen LogP contribution >= 0.6 is 0 Å². The Labute approximate surface area is 94.3 Å². The summed E-state index contributed by atoms with van der Waals surface area (Å²) in [6.07, 6.45) is 6.87. The minimum Gasteiger partial charge on any atom is -0.374 e. The van der Waals surface area contributed by atoms with Gasteiger partial charge in [0.1, 0.15) is 6.33 Å². The van der Waals surface area contributed by atoms with E-state index in [2.05, 4.69) is 21.4 Å². The Balaban J connectivity index is 2.30. The Morgan fingerprint density at radius 1 is 1.50 bits per heavy atom. The fourth-order valence-corrected chi connectivity index (χ4v) is 1.47. The summed E-state index contributed by atoms with van der Waals surface area (Å²) >= 11 is 0. The van der Waals surface area contributed by atoms with Crippen LogP contribution in [-0.4, -0.2) is 21.3 Å². The van der Waals surface area contributed by atoms with Gasteiger partial charge < -0.3 is 9.88 Å². The molecule has 0 aliphatic rings. The fourth-order valence-electron chi connectivity index (χ4n) is 1.47. The number of rotatable bonds is 3. The van der Waals surface area contributed by atoms with Crippen LogP contribution in [0.25, 0.3) is 11.4 Å². The van der Waals surface area contributed by atoms with Crippen LogP contribution in [0.3, 0.4) is 0 Å². The van der Waals surface area contributed by atoms with Gasteiger partial charge in [0.15, 0.2) is 5.82 Å². The summed E-state index contributed by atoms with van der Waals surface area (Å²) in [5.74, 6) is 3.37. The van der Waals surface area contributed by atoms with E-state index in [-0.39, 0.29) is 0 Å². The van der Waals surface area contributed by atoms with Crippen LogP contribution in [0.15, 0.2) is 30.6 Å². The molecule has 0 saturated carbocycles. The molecule has 4 nitrogen and oxygen atoms in total. The number of hydrogen-bond donors (Lipinski definition) is 1. The lowest BCUT2D eigenvalue weighted by atomic mass is 10.2. The van der Waals surface area contributed by atoms with Crippen molar-refractivity contribution in [1.82, 2.24) is 14.8 Å². The average molecular weight is 212 g/mol. The van der Waals surface area contributed by atoms with Crippen molar-refractivity contribution in [2.24, 2.45) is 7.05 Å². The van der Waals surface area contributed by atoms with Crippen molar-refractivity contribution in [1.29, 1.82) is 0 Å². The lowest BCUT2D eigenvalue weighted by Crippen LogP contribution is -1.98. The Morgan fingerprint density at radius 3 is 3.06 bits per heavy atom. The highest BCUT2D eigenvalue weighted by Gasteiger charge is 2.04. The summed E-state index contributed by atoms with van der Waals surface area (Å²) in [5, 5.41) is 11.0. The van der Waals surface area contributed by atoms with Gasteiger partial charge in [0, 0.05) is 18.3 Å². The molecule has 0 aliphatic heterocycles. The molecule has 1 N–H and O–H groups in total. The van der Waals surface area contributed by atoms with Crippen molar-refractivity contribution in [2.75, 3.05) is 11.9 Å². The van der Waals surface area contributed by atoms with E-state index in [0.29, 0.717) is 6.54 Å². The molecule has 1 aromatic carbocycles. The van der Waals surface area contributed by atoms with E-state index in [1.807, 2.05) is 35.9 Å². The predicted octanol–water partition coefficient (Wildman–Crippen LogP) is 1.53. The molecule has 0 amide bonds. The van der Waals surface area contributed by atoms with Gasteiger partial charge in [-0.1, -0.05) is 18.1 Å². The van der Waals surface area contributed by atoms with Crippen LogP contribution in [0.5, 0.6) is 0 Å². The molecule has 80 valence electrons. The second kappa shape index (κ2) is 4.49. The lowest BCUT2D eigenvalue weighted by Gasteiger charge is -2.05. The Hall–Kier alpha value is -2.28.